The van der Waals surface area contributed by atoms with Crippen LogP contribution in [0.15, 0.2) is 54.6 Å². The monoisotopic (exact) mass is 408 g/mol. The third kappa shape index (κ3) is 5.97. The van der Waals surface area contributed by atoms with Crippen molar-refractivity contribution < 1.29 is 13.2 Å². The Balaban J connectivity index is 2.22. The van der Waals surface area contributed by atoms with Crippen LogP contribution in [0.3, 0.4) is 0 Å². The summed E-state index contributed by atoms with van der Waals surface area (Å²) in [6.45, 7) is 5.39. The molecule has 0 heterocycles. The fraction of sp³-hybridized carbons (Fsp3) is 0.350. The first-order chi connectivity index (χ1) is 12.5. The molecule has 2 aromatic rings. The first-order valence-electron chi connectivity index (χ1n) is 8.60. The highest BCUT2D eigenvalue weighted by Crippen LogP contribution is 2.24. The van der Waals surface area contributed by atoms with Gasteiger partial charge in [0.25, 0.3) is 0 Å². The van der Waals surface area contributed by atoms with Gasteiger partial charge >= 0.3 is 0 Å². The van der Waals surface area contributed by atoms with Crippen LogP contribution in [0.2, 0.25) is 5.02 Å². The number of nitrogens with one attached hydrogen (secondary N) is 1. The summed E-state index contributed by atoms with van der Waals surface area (Å²) in [5, 5.41) is 3.36. The average molecular weight is 409 g/mol. The second kappa shape index (κ2) is 8.31. The maximum absolute atomic E-state index is 12.8. The largest absolute Gasteiger partial charge is 0.349 e. The lowest BCUT2D eigenvalue weighted by atomic mass is 9.94. The van der Waals surface area contributed by atoms with Gasteiger partial charge in [0.15, 0.2) is 0 Å². The molecule has 0 spiro atoms. The van der Waals surface area contributed by atoms with E-state index >= 15 is 0 Å². The Hall–Kier alpha value is -2.05. The Kier molecular flexibility index (Phi) is 6.54. The molecule has 0 saturated heterocycles. The Morgan fingerprint density at radius 1 is 1.15 bits per heavy atom. The molecule has 0 radical (unpaired) electrons. The van der Waals surface area contributed by atoms with Gasteiger partial charge in [0.2, 0.25) is 15.9 Å². The molecule has 5 nitrogen and oxygen atoms in total. The zero-order chi connectivity index (χ0) is 20.2. The van der Waals surface area contributed by atoms with Gasteiger partial charge < -0.3 is 5.32 Å². The van der Waals surface area contributed by atoms with Crippen LogP contribution in [-0.2, 0) is 21.2 Å². The number of carbonyl (C=O) groups excluding carboxylic acids is 1. The van der Waals surface area contributed by atoms with Gasteiger partial charge in [0, 0.05) is 10.6 Å². The Bertz CT molecular complexity index is 898. The highest BCUT2D eigenvalue weighted by Gasteiger charge is 2.32. The topological polar surface area (TPSA) is 66.5 Å². The smallest absolute Gasteiger partial charge is 0.244 e. The predicted octanol–water partition coefficient (Wildman–Crippen LogP) is 3.63. The standard InChI is InChI=1S/C20H25ClN2O3S/c1-15(23(27(4,25)26)18-12-8-11-17(21)13-18)19(24)22-20(2,3)14-16-9-6-5-7-10-16/h5-13,15H,14H2,1-4H3,(H,22,24)/t15-/m0/s1. The minimum Gasteiger partial charge on any atom is -0.349 e. The quantitative estimate of drug-likeness (QED) is 0.760. The number of halogens is 1. The summed E-state index contributed by atoms with van der Waals surface area (Å²) in [5.41, 5.74) is 0.906. The van der Waals surface area contributed by atoms with Crippen molar-refractivity contribution in [3.05, 3.63) is 65.2 Å². The normalized spacial score (nSPS) is 13.1. The molecular formula is C20H25ClN2O3S. The molecule has 1 amide bonds. The fourth-order valence-corrected chi connectivity index (χ4v) is 4.36. The average Bonchev–Trinajstić information content (AvgIpc) is 2.53. The molecule has 0 aliphatic rings. The van der Waals surface area contributed by atoms with Crippen molar-refractivity contribution in [1.29, 1.82) is 0 Å². The molecule has 0 fully saturated rings. The van der Waals surface area contributed by atoms with Crippen molar-refractivity contribution >= 4 is 33.2 Å². The number of benzene rings is 2. The number of nitrogens with zero attached hydrogens (tertiary/aromatic N) is 1. The van der Waals surface area contributed by atoms with Crippen molar-refractivity contribution in [2.24, 2.45) is 0 Å². The van der Waals surface area contributed by atoms with Crippen molar-refractivity contribution in [2.75, 3.05) is 10.6 Å². The number of rotatable bonds is 7. The summed E-state index contributed by atoms with van der Waals surface area (Å²) in [4.78, 5) is 12.8. The minimum atomic E-state index is -3.68. The molecule has 2 aromatic carbocycles. The van der Waals surface area contributed by atoms with E-state index in [9.17, 15) is 13.2 Å². The number of anilines is 1. The van der Waals surface area contributed by atoms with Gasteiger partial charge in [-0.05, 0) is 51.0 Å². The highest BCUT2D eigenvalue weighted by atomic mass is 35.5. The van der Waals surface area contributed by atoms with Gasteiger partial charge in [-0.3, -0.25) is 9.10 Å². The van der Waals surface area contributed by atoms with Crippen LogP contribution in [0, 0.1) is 0 Å². The summed E-state index contributed by atoms with van der Waals surface area (Å²) in [7, 11) is -3.68. The lowest BCUT2D eigenvalue weighted by Gasteiger charge is -2.33. The lowest BCUT2D eigenvalue weighted by molar-refractivity contribution is -0.123. The Morgan fingerprint density at radius 2 is 1.78 bits per heavy atom. The second-order valence-corrected chi connectivity index (χ2v) is 9.55. The van der Waals surface area contributed by atoms with Crippen molar-refractivity contribution in [3.8, 4) is 0 Å². The first kappa shape index (κ1) is 21.3. The molecule has 2 rings (SSSR count). The van der Waals surface area contributed by atoms with Crippen LogP contribution < -0.4 is 9.62 Å². The zero-order valence-corrected chi connectivity index (χ0v) is 17.5. The molecule has 0 saturated carbocycles. The van der Waals surface area contributed by atoms with Crippen LogP contribution >= 0.6 is 11.6 Å². The summed E-state index contributed by atoms with van der Waals surface area (Å²) >= 11 is 6.00. The van der Waals surface area contributed by atoms with Gasteiger partial charge in [-0.1, -0.05) is 48.0 Å². The van der Waals surface area contributed by atoms with E-state index in [0.29, 0.717) is 17.1 Å². The number of hydrogen-bond donors (Lipinski definition) is 1. The molecular weight excluding hydrogens is 384 g/mol. The van der Waals surface area contributed by atoms with Gasteiger partial charge in [0.05, 0.1) is 11.9 Å². The van der Waals surface area contributed by atoms with Crippen LogP contribution in [0.5, 0.6) is 0 Å². The third-order valence-electron chi connectivity index (χ3n) is 4.10. The summed E-state index contributed by atoms with van der Waals surface area (Å²) in [5.74, 6) is -0.374. The van der Waals surface area contributed by atoms with E-state index in [2.05, 4.69) is 5.32 Å². The molecule has 1 N–H and O–H groups in total. The fourth-order valence-electron chi connectivity index (χ4n) is 3.01. The molecule has 0 unspecified atom stereocenters. The molecule has 1 atom stereocenters. The molecule has 146 valence electrons. The van der Waals surface area contributed by atoms with Crippen molar-refractivity contribution in [2.45, 2.75) is 38.8 Å². The van der Waals surface area contributed by atoms with Gasteiger partial charge in [0.1, 0.15) is 6.04 Å². The maximum Gasteiger partial charge on any atom is 0.244 e. The minimum absolute atomic E-state index is 0.355. The van der Waals surface area contributed by atoms with Gasteiger partial charge in [-0.25, -0.2) is 8.42 Å². The lowest BCUT2D eigenvalue weighted by Crippen LogP contribution is -2.54. The third-order valence-corrected chi connectivity index (χ3v) is 5.58. The molecule has 0 aliphatic heterocycles. The second-order valence-electron chi connectivity index (χ2n) is 7.25. The van der Waals surface area contributed by atoms with Crippen molar-refractivity contribution in [1.82, 2.24) is 5.32 Å². The Labute approximate surface area is 166 Å². The molecule has 0 aromatic heterocycles. The van der Waals surface area contributed by atoms with Crippen LogP contribution in [0.1, 0.15) is 26.3 Å². The maximum atomic E-state index is 12.8. The van der Waals surface area contributed by atoms with E-state index in [1.165, 1.54) is 6.07 Å². The van der Waals surface area contributed by atoms with E-state index in [1.807, 2.05) is 44.2 Å². The SMILES string of the molecule is C[C@@H](C(=O)NC(C)(C)Cc1ccccc1)N(c1cccc(Cl)c1)S(C)(=O)=O. The van der Waals surface area contributed by atoms with E-state index < -0.39 is 21.6 Å². The molecule has 27 heavy (non-hydrogen) atoms. The number of amides is 1. The van der Waals surface area contributed by atoms with Crippen molar-refractivity contribution in [3.63, 3.8) is 0 Å². The van der Waals surface area contributed by atoms with Gasteiger partial charge in [-0.15, -0.1) is 0 Å². The Morgan fingerprint density at radius 3 is 2.33 bits per heavy atom. The summed E-state index contributed by atoms with van der Waals surface area (Å²) in [6, 6.07) is 15.3. The van der Waals surface area contributed by atoms with Crippen LogP contribution in [-0.4, -0.2) is 32.2 Å². The van der Waals surface area contributed by atoms with E-state index in [1.54, 1.807) is 25.1 Å². The van der Waals surface area contributed by atoms with E-state index in [4.69, 9.17) is 11.6 Å². The predicted molar refractivity (Wildman–Crippen MR) is 111 cm³/mol. The molecule has 0 bridgehead atoms. The highest BCUT2D eigenvalue weighted by molar-refractivity contribution is 7.92. The molecule has 0 aliphatic carbocycles. The van der Waals surface area contributed by atoms with E-state index in [0.717, 1.165) is 16.1 Å². The number of hydrogen-bond acceptors (Lipinski definition) is 3. The zero-order valence-electron chi connectivity index (χ0n) is 15.9. The number of sulfonamides is 1. The van der Waals surface area contributed by atoms with Crippen LogP contribution in [0.4, 0.5) is 5.69 Å². The summed E-state index contributed by atoms with van der Waals surface area (Å²) < 4.78 is 25.8. The van der Waals surface area contributed by atoms with E-state index in [-0.39, 0.29) is 5.91 Å². The first-order valence-corrected chi connectivity index (χ1v) is 10.8. The van der Waals surface area contributed by atoms with Crippen LogP contribution in [0.25, 0.3) is 0 Å². The number of carbonyl (C=O) groups is 1. The molecule has 7 heteroatoms. The van der Waals surface area contributed by atoms with Gasteiger partial charge in [-0.2, -0.15) is 0 Å². The summed E-state index contributed by atoms with van der Waals surface area (Å²) in [6.07, 6.45) is 1.70.